The van der Waals surface area contributed by atoms with Crippen LogP contribution < -0.4 is 5.32 Å². The molecule has 27 heavy (non-hydrogen) atoms. The molecule has 2 aromatic carbocycles. The van der Waals surface area contributed by atoms with Gasteiger partial charge in [-0.2, -0.15) is 0 Å². The lowest BCUT2D eigenvalue weighted by Crippen LogP contribution is -2.11. The van der Waals surface area contributed by atoms with E-state index in [1.54, 1.807) is 11.8 Å². The SMILES string of the molecule is O=C(CCSc1ccc(Cl)cc1)Nc1nc(-c2cc3ccccc3o2)cs1. The van der Waals surface area contributed by atoms with Gasteiger partial charge in [-0.25, -0.2) is 4.98 Å². The fraction of sp³-hybridized carbons (Fsp3) is 0.100. The smallest absolute Gasteiger partial charge is 0.226 e. The summed E-state index contributed by atoms with van der Waals surface area (Å²) in [4.78, 5) is 17.7. The number of carbonyl (C=O) groups is 1. The molecule has 4 aromatic rings. The van der Waals surface area contributed by atoms with Crippen molar-refractivity contribution in [2.45, 2.75) is 11.3 Å². The lowest BCUT2D eigenvalue weighted by molar-refractivity contribution is -0.115. The number of nitrogens with one attached hydrogen (secondary N) is 1. The molecule has 0 saturated heterocycles. The normalized spacial score (nSPS) is 11.0. The van der Waals surface area contributed by atoms with E-state index in [4.69, 9.17) is 16.0 Å². The number of amides is 1. The third-order valence-electron chi connectivity index (χ3n) is 3.84. The van der Waals surface area contributed by atoms with Gasteiger partial charge in [-0.3, -0.25) is 4.79 Å². The summed E-state index contributed by atoms with van der Waals surface area (Å²) < 4.78 is 5.81. The van der Waals surface area contributed by atoms with Crippen molar-refractivity contribution in [1.82, 2.24) is 4.98 Å². The molecule has 0 aliphatic heterocycles. The third kappa shape index (κ3) is 4.53. The fourth-order valence-electron chi connectivity index (χ4n) is 2.53. The fourth-order valence-corrected chi connectivity index (χ4v) is 4.22. The summed E-state index contributed by atoms with van der Waals surface area (Å²) in [6.45, 7) is 0. The first kappa shape index (κ1) is 18.1. The van der Waals surface area contributed by atoms with E-state index < -0.39 is 0 Å². The van der Waals surface area contributed by atoms with E-state index in [9.17, 15) is 4.79 Å². The third-order valence-corrected chi connectivity index (χ3v) is 5.86. The molecule has 0 bridgehead atoms. The molecule has 1 amide bonds. The first-order valence-corrected chi connectivity index (χ1v) is 10.5. The number of anilines is 1. The van der Waals surface area contributed by atoms with Crippen LogP contribution in [-0.2, 0) is 4.79 Å². The molecule has 136 valence electrons. The second-order valence-corrected chi connectivity index (χ2v) is 8.25. The van der Waals surface area contributed by atoms with Gasteiger partial charge in [0.25, 0.3) is 0 Å². The van der Waals surface area contributed by atoms with E-state index in [0.717, 1.165) is 21.6 Å². The average Bonchev–Trinajstić information content (AvgIpc) is 3.30. The van der Waals surface area contributed by atoms with Crippen molar-refractivity contribution in [3.05, 3.63) is 65.0 Å². The van der Waals surface area contributed by atoms with Gasteiger partial charge < -0.3 is 9.73 Å². The molecule has 0 fully saturated rings. The van der Waals surface area contributed by atoms with Crippen LogP contribution in [0.15, 0.2) is 69.3 Å². The number of thioether (sulfide) groups is 1. The zero-order valence-corrected chi connectivity index (χ0v) is 16.5. The number of nitrogens with zero attached hydrogens (tertiary/aromatic N) is 1. The zero-order chi connectivity index (χ0) is 18.6. The van der Waals surface area contributed by atoms with Gasteiger partial charge in [0, 0.05) is 32.9 Å². The van der Waals surface area contributed by atoms with Gasteiger partial charge in [0.2, 0.25) is 5.91 Å². The summed E-state index contributed by atoms with van der Waals surface area (Å²) in [5.41, 5.74) is 1.55. The van der Waals surface area contributed by atoms with Gasteiger partial charge in [0.05, 0.1) is 0 Å². The number of hydrogen-bond acceptors (Lipinski definition) is 5. The molecule has 0 atom stereocenters. The Morgan fingerprint density at radius 2 is 2.00 bits per heavy atom. The van der Waals surface area contributed by atoms with Crippen molar-refractivity contribution >= 4 is 56.7 Å². The van der Waals surface area contributed by atoms with E-state index in [-0.39, 0.29) is 5.91 Å². The number of carbonyl (C=O) groups excluding carboxylic acids is 1. The van der Waals surface area contributed by atoms with Crippen molar-refractivity contribution in [2.24, 2.45) is 0 Å². The molecular formula is C20H15ClN2O2S2. The summed E-state index contributed by atoms with van der Waals surface area (Å²) in [5, 5.41) is 7.06. The average molecular weight is 415 g/mol. The maximum atomic E-state index is 12.1. The molecule has 0 aliphatic rings. The Morgan fingerprint density at radius 3 is 2.81 bits per heavy atom. The highest BCUT2D eigenvalue weighted by atomic mass is 35.5. The zero-order valence-electron chi connectivity index (χ0n) is 14.1. The highest BCUT2D eigenvalue weighted by molar-refractivity contribution is 7.99. The van der Waals surface area contributed by atoms with E-state index in [0.29, 0.717) is 28.1 Å². The van der Waals surface area contributed by atoms with E-state index in [1.165, 1.54) is 11.3 Å². The number of halogens is 1. The van der Waals surface area contributed by atoms with Gasteiger partial charge >= 0.3 is 0 Å². The van der Waals surface area contributed by atoms with Crippen molar-refractivity contribution in [2.75, 3.05) is 11.1 Å². The summed E-state index contributed by atoms with van der Waals surface area (Å²) in [5.74, 6) is 1.34. The van der Waals surface area contributed by atoms with Crippen molar-refractivity contribution in [3.63, 3.8) is 0 Å². The number of thiazole rings is 1. The van der Waals surface area contributed by atoms with Crippen LogP contribution in [0.2, 0.25) is 5.02 Å². The van der Waals surface area contributed by atoms with Gasteiger partial charge in [-0.05, 0) is 36.4 Å². The van der Waals surface area contributed by atoms with Gasteiger partial charge in [0.15, 0.2) is 10.9 Å². The molecule has 4 nitrogen and oxygen atoms in total. The molecule has 4 rings (SSSR count). The molecule has 0 unspecified atom stereocenters. The minimum atomic E-state index is -0.0537. The van der Waals surface area contributed by atoms with E-state index in [1.807, 2.05) is 60.0 Å². The summed E-state index contributed by atoms with van der Waals surface area (Å²) >= 11 is 8.88. The Kier molecular flexibility index (Phi) is 5.48. The predicted octanol–water partition coefficient (Wildman–Crippen LogP) is 6.33. The number of para-hydroxylation sites is 1. The molecule has 2 heterocycles. The van der Waals surface area contributed by atoms with Crippen molar-refractivity contribution in [1.29, 1.82) is 0 Å². The highest BCUT2D eigenvalue weighted by Crippen LogP contribution is 2.30. The summed E-state index contributed by atoms with van der Waals surface area (Å²) in [6.07, 6.45) is 0.410. The van der Waals surface area contributed by atoms with Crippen LogP contribution in [-0.4, -0.2) is 16.6 Å². The monoisotopic (exact) mass is 414 g/mol. The predicted molar refractivity (Wildman–Crippen MR) is 113 cm³/mol. The van der Waals surface area contributed by atoms with Crippen LogP contribution in [0, 0.1) is 0 Å². The Hall–Kier alpha value is -2.28. The highest BCUT2D eigenvalue weighted by Gasteiger charge is 2.12. The second kappa shape index (κ2) is 8.17. The Labute approximate surface area is 169 Å². The molecule has 0 aliphatic carbocycles. The van der Waals surface area contributed by atoms with Gasteiger partial charge in [-0.15, -0.1) is 23.1 Å². The molecular weight excluding hydrogens is 400 g/mol. The van der Waals surface area contributed by atoms with Crippen LogP contribution in [0.4, 0.5) is 5.13 Å². The number of hydrogen-bond donors (Lipinski definition) is 1. The van der Waals surface area contributed by atoms with Crippen LogP contribution in [0.3, 0.4) is 0 Å². The number of rotatable bonds is 6. The standard InChI is InChI=1S/C20H15ClN2O2S2/c21-14-5-7-15(8-6-14)26-10-9-19(24)23-20-22-16(12-27-20)18-11-13-3-1-2-4-17(13)25-18/h1-8,11-12H,9-10H2,(H,22,23,24). The molecule has 1 N–H and O–H groups in total. The van der Waals surface area contributed by atoms with Crippen molar-refractivity contribution in [3.8, 4) is 11.5 Å². The minimum Gasteiger partial charge on any atom is -0.454 e. The van der Waals surface area contributed by atoms with Gasteiger partial charge in [0.1, 0.15) is 11.3 Å². The Balaban J connectivity index is 1.33. The van der Waals surface area contributed by atoms with Crippen molar-refractivity contribution < 1.29 is 9.21 Å². The first-order valence-electron chi connectivity index (χ1n) is 8.30. The maximum Gasteiger partial charge on any atom is 0.226 e. The Bertz CT molecular complexity index is 1040. The molecule has 0 saturated carbocycles. The van der Waals surface area contributed by atoms with E-state index in [2.05, 4.69) is 10.3 Å². The quantitative estimate of drug-likeness (QED) is 0.374. The molecule has 0 radical (unpaired) electrons. The number of benzene rings is 2. The first-order chi connectivity index (χ1) is 13.2. The molecule has 2 aromatic heterocycles. The van der Waals surface area contributed by atoms with Crippen LogP contribution in [0.1, 0.15) is 6.42 Å². The lowest BCUT2D eigenvalue weighted by atomic mass is 10.2. The summed E-state index contributed by atoms with van der Waals surface area (Å²) in [6, 6.07) is 17.4. The Morgan fingerprint density at radius 1 is 1.19 bits per heavy atom. The van der Waals surface area contributed by atoms with E-state index >= 15 is 0 Å². The second-order valence-electron chi connectivity index (χ2n) is 5.79. The van der Waals surface area contributed by atoms with Crippen LogP contribution in [0.5, 0.6) is 0 Å². The largest absolute Gasteiger partial charge is 0.454 e. The number of aromatic nitrogens is 1. The molecule has 7 heteroatoms. The van der Waals surface area contributed by atoms with Gasteiger partial charge in [-0.1, -0.05) is 29.8 Å². The lowest BCUT2D eigenvalue weighted by Gasteiger charge is -2.02. The molecule has 0 spiro atoms. The number of fused-ring (bicyclic) bond motifs is 1. The number of furan rings is 1. The topological polar surface area (TPSA) is 55.1 Å². The minimum absolute atomic E-state index is 0.0537. The maximum absolute atomic E-state index is 12.1. The van der Waals surface area contributed by atoms with Crippen LogP contribution in [0.25, 0.3) is 22.4 Å². The summed E-state index contributed by atoms with van der Waals surface area (Å²) in [7, 11) is 0. The van der Waals surface area contributed by atoms with Crippen LogP contribution >= 0.6 is 34.7 Å².